The van der Waals surface area contributed by atoms with E-state index in [4.69, 9.17) is 5.11 Å². The summed E-state index contributed by atoms with van der Waals surface area (Å²) in [4.78, 5) is 24.3. The number of anilines is 1. The lowest BCUT2D eigenvalue weighted by atomic mass is 10.1. The van der Waals surface area contributed by atoms with Crippen molar-refractivity contribution in [2.75, 3.05) is 18.3 Å². The van der Waals surface area contributed by atoms with Crippen LogP contribution in [-0.2, 0) is 11.4 Å². The number of amides is 2. The minimum atomic E-state index is -1.37. The average molecular weight is 706 g/mol. The second-order valence-corrected chi connectivity index (χ2v) is 8.38. The van der Waals surface area contributed by atoms with Gasteiger partial charge in [-0.2, -0.15) is 5.06 Å². The molecule has 0 aliphatic carbocycles. The van der Waals surface area contributed by atoms with Crippen LogP contribution in [0.2, 0.25) is 0 Å². The van der Waals surface area contributed by atoms with Gasteiger partial charge in [-0.1, -0.05) is 0 Å². The summed E-state index contributed by atoms with van der Waals surface area (Å²) in [6.45, 7) is -0.560. The van der Waals surface area contributed by atoms with Crippen LogP contribution >= 0.6 is 67.8 Å². The van der Waals surface area contributed by atoms with Gasteiger partial charge < -0.3 is 25.7 Å². The first-order valence-corrected chi connectivity index (χ1v) is 10.4. The van der Waals surface area contributed by atoms with Crippen LogP contribution in [0.3, 0.4) is 0 Å². The number of carbonyl (C=O) groups is 2. The number of aliphatic hydroxyl groups excluding tert-OH is 4. The molecule has 0 aliphatic rings. The standard InChI is InChI=1S/C14H17I3N2O7/c1-5(23)19(26)13-11(16)6(2-20)10(15)9(12(13)17)14(25)18-7(3-21)8(24)4-22/h7-8,20-22,24,26H,2-4H2,1H3,(H,18,25). The van der Waals surface area contributed by atoms with Gasteiger partial charge in [-0.25, -0.2) is 0 Å². The zero-order valence-corrected chi connectivity index (χ0v) is 19.9. The first kappa shape index (κ1) is 24.2. The monoisotopic (exact) mass is 706 g/mol. The van der Waals surface area contributed by atoms with E-state index < -0.39 is 43.8 Å². The quantitative estimate of drug-likeness (QED) is 0.135. The summed E-state index contributed by atoms with van der Waals surface area (Å²) in [6, 6.07) is -1.11. The van der Waals surface area contributed by atoms with Gasteiger partial charge in [0.15, 0.2) is 0 Å². The second-order valence-electron chi connectivity index (χ2n) is 5.15. The highest BCUT2D eigenvalue weighted by molar-refractivity contribution is 14.1. The third-order valence-corrected chi connectivity index (χ3v) is 6.85. The topological polar surface area (TPSA) is 151 Å². The molecule has 0 bridgehead atoms. The molecule has 1 aromatic carbocycles. The van der Waals surface area contributed by atoms with Crippen molar-refractivity contribution in [3.63, 3.8) is 0 Å². The zero-order chi connectivity index (χ0) is 20.2. The van der Waals surface area contributed by atoms with E-state index in [1.807, 2.05) is 45.2 Å². The number of aliphatic hydroxyl groups is 4. The molecule has 1 aromatic rings. The van der Waals surface area contributed by atoms with E-state index in [9.17, 15) is 30.1 Å². The number of halogens is 3. The van der Waals surface area contributed by atoms with Gasteiger partial charge in [0.25, 0.3) is 5.91 Å². The van der Waals surface area contributed by atoms with Crippen LogP contribution in [0, 0.1) is 10.7 Å². The molecule has 0 fully saturated rings. The van der Waals surface area contributed by atoms with E-state index in [-0.39, 0.29) is 14.8 Å². The molecular formula is C14H17I3N2O7. The maximum atomic E-state index is 12.7. The Hall–Kier alpha value is 0.150. The summed E-state index contributed by atoms with van der Waals surface area (Å²) in [6.07, 6.45) is -1.37. The number of nitrogens with one attached hydrogen (secondary N) is 1. The van der Waals surface area contributed by atoms with Gasteiger partial charge >= 0.3 is 0 Å². The van der Waals surface area contributed by atoms with Gasteiger partial charge in [-0.3, -0.25) is 14.8 Å². The van der Waals surface area contributed by atoms with E-state index in [1.165, 1.54) is 0 Å². The van der Waals surface area contributed by atoms with Crippen molar-refractivity contribution in [2.45, 2.75) is 25.7 Å². The Morgan fingerprint density at radius 3 is 2.08 bits per heavy atom. The number of hydrogen-bond acceptors (Lipinski definition) is 7. The van der Waals surface area contributed by atoms with Crippen molar-refractivity contribution in [3.05, 3.63) is 21.8 Å². The Morgan fingerprint density at radius 1 is 1.08 bits per heavy atom. The Balaban J connectivity index is 3.53. The van der Waals surface area contributed by atoms with Crippen molar-refractivity contribution in [1.29, 1.82) is 0 Å². The van der Waals surface area contributed by atoms with Crippen molar-refractivity contribution in [1.82, 2.24) is 5.32 Å². The molecule has 0 heterocycles. The molecule has 0 spiro atoms. The molecule has 0 saturated carbocycles. The summed E-state index contributed by atoms with van der Waals surface area (Å²) < 4.78 is 1.05. The minimum Gasteiger partial charge on any atom is -0.394 e. The Morgan fingerprint density at radius 2 is 1.65 bits per heavy atom. The fraction of sp³-hybridized carbons (Fsp3) is 0.429. The first-order chi connectivity index (χ1) is 12.1. The van der Waals surface area contributed by atoms with Gasteiger partial charge in [0.1, 0.15) is 5.69 Å². The molecule has 2 unspecified atom stereocenters. The highest BCUT2D eigenvalue weighted by atomic mass is 127. The SMILES string of the molecule is CC(=O)N(O)c1c(I)c(CO)c(I)c(C(=O)NC(CO)C(O)CO)c1I. The summed E-state index contributed by atoms with van der Waals surface area (Å²) in [5, 5.41) is 50.5. The van der Waals surface area contributed by atoms with Crippen LogP contribution in [0.1, 0.15) is 22.8 Å². The van der Waals surface area contributed by atoms with Crippen molar-refractivity contribution >= 4 is 85.3 Å². The van der Waals surface area contributed by atoms with E-state index in [1.54, 1.807) is 22.6 Å². The van der Waals surface area contributed by atoms with Gasteiger partial charge in [-0.05, 0) is 67.8 Å². The van der Waals surface area contributed by atoms with Gasteiger partial charge in [0.05, 0.1) is 41.1 Å². The highest BCUT2D eigenvalue weighted by Crippen LogP contribution is 2.37. The summed E-state index contributed by atoms with van der Waals surface area (Å²) in [7, 11) is 0. The Labute approximate surface area is 190 Å². The fourth-order valence-corrected chi connectivity index (χ4v) is 6.47. The molecule has 26 heavy (non-hydrogen) atoms. The number of hydrogen-bond donors (Lipinski definition) is 6. The van der Waals surface area contributed by atoms with Crippen LogP contribution in [0.15, 0.2) is 0 Å². The number of rotatable bonds is 7. The lowest BCUT2D eigenvalue weighted by molar-refractivity contribution is -0.121. The Kier molecular flexibility index (Phi) is 9.89. The van der Waals surface area contributed by atoms with Crippen LogP contribution in [-0.4, -0.2) is 62.8 Å². The van der Waals surface area contributed by atoms with Gasteiger partial charge in [0, 0.05) is 19.6 Å². The van der Waals surface area contributed by atoms with E-state index in [2.05, 4.69) is 5.32 Å². The molecule has 2 atom stereocenters. The highest BCUT2D eigenvalue weighted by Gasteiger charge is 2.30. The predicted molar refractivity (Wildman–Crippen MR) is 117 cm³/mol. The van der Waals surface area contributed by atoms with Crippen LogP contribution < -0.4 is 10.4 Å². The maximum absolute atomic E-state index is 12.7. The largest absolute Gasteiger partial charge is 0.394 e. The fourth-order valence-electron chi connectivity index (χ4n) is 2.01. The molecule has 0 radical (unpaired) electrons. The second kappa shape index (κ2) is 10.6. The van der Waals surface area contributed by atoms with Crippen molar-refractivity contribution in [3.8, 4) is 0 Å². The Bertz CT molecular complexity index is 702. The molecule has 2 amide bonds. The van der Waals surface area contributed by atoms with E-state index in [0.717, 1.165) is 6.92 Å². The summed E-state index contributed by atoms with van der Waals surface area (Å²) in [5.74, 6) is -1.38. The van der Waals surface area contributed by atoms with Crippen molar-refractivity contribution < 1.29 is 35.2 Å². The molecule has 0 saturated heterocycles. The molecule has 6 N–H and O–H groups in total. The normalized spacial score (nSPS) is 13.3. The summed E-state index contributed by atoms with van der Waals surface area (Å²) in [5.41, 5.74) is 0.460. The van der Waals surface area contributed by atoms with Crippen LogP contribution in [0.5, 0.6) is 0 Å². The number of carbonyl (C=O) groups excluding carboxylic acids is 2. The zero-order valence-electron chi connectivity index (χ0n) is 13.4. The minimum absolute atomic E-state index is 0.0524. The number of nitrogens with zero attached hydrogens (tertiary/aromatic N) is 1. The number of hydroxylamine groups is 1. The van der Waals surface area contributed by atoms with Crippen LogP contribution in [0.25, 0.3) is 0 Å². The molecule has 0 aliphatic heterocycles. The lowest BCUT2D eigenvalue weighted by Gasteiger charge is -2.24. The average Bonchev–Trinajstić information content (AvgIpc) is 2.58. The molecule has 0 aromatic heterocycles. The number of benzene rings is 1. The molecule has 9 nitrogen and oxygen atoms in total. The molecule has 1 rings (SSSR count). The van der Waals surface area contributed by atoms with E-state index in [0.29, 0.717) is 17.8 Å². The predicted octanol–water partition coefficient (Wildman–Crippen LogP) is 0.179. The van der Waals surface area contributed by atoms with Crippen LogP contribution in [0.4, 0.5) is 5.69 Å². The lowest BCUT2D eigenvalue weighted by Crippen LogP contribution is -2.47. The van der Waals surface area contributed by atoms with Crippen molar-refractivity contribution in [2.24, 2.45) is 0 Å². The molecule has 146 valence electrons. The van der Waals surface area contributed by atoms with E-state index >= 15 is 0 Å². The third-order valence-electron chi connectivity index (χ3n) is 3.44. The first-order valence-electron chi connectivity index (χ1n) is 7.12. The maximum Gasteiger partial charge on any atom is 0.253 e. The third kappa shape index (κ3) is 5.15. The smallest absolute Gasteiger partial charge is 0.253 e. The molecule has 12 heteroatoms. The molecular weight excluding hydrogens is 689 g/mol. The van der Waals surface area contributed by atoms with Gasteiger partial charge in [-0.15, -0.1) is 0 Å². The summed E-state index contributed by atoms with van der Waals surface area (Å²) >= 11 is 5.52. The van der Waals surface area contributed by atoms with Gasteiger partial charge in [0.2, 0.25) is 5.91 Å².